The highest BCUT2D eigenvalue weighted by atomic mass is 19.3. The van der Waals surface area contributed by atoms with Gasteiger partial charge >= 0.3 is 29.8 Å². The molecule has 15 heteroatoms. The van der Waals surface area contributed by atoms with Gasteiger partial charge in [-0.3, -0.25) is 4.79 Å². The van der Waals surface area contributed by atoms with E-state index in [1.54, 1.807) is 84.9 Å². The Morgan fingerprint density at radius 2 is 1.03 bits per heavy atom. The van der Waals surface area contributed by atoms with Crippen LogP contribution in [0.3, 0.4) is 0 Å². The molecule has 350 valence electrons. The Morgan fingerprint density at radius 1 is 0.574 bits per heavy atom. The van der Waals surface area contributed by atoms with E-state index in [-0.39, 0.29) is 45.6 Å². The second-order valence-corrected chi connectivity index (χ2v) is 15.7. The van der Waals surface area contributed by atoms with E-state index in [2.05, 4.69) is 0 Å². The molecule has 7 rings (SSSR count). The number of carbonyl (C=O) groups excluding carboxylic acids is 5. The number of esters is 5. The molecule has 1 aliphatic rings. The zero-order valence-corrected chi connectivity index (χ0v) is 36.7. The van der Waals surface area contributed by atoms with Crippen molar-refractivity contribution in [3.63, 3.8) is 0 Å². The molecule has 6 aromatic rings. The van der Waals surface area contributed by atoms with Gasteiger partial charge in [-0.05, 0) is 84.3 Å². The lowest BCUT2D eigenvalue weighted by Gasteiger charge is -2.45. The van der Waals surface area contributed by atoms with Crippen molar-refractivity contribution >= 4 is 29.8 Å². The fourth-order valence-electron chi connectivity index (χ4n) is 7.39. The van der Waals surface area contributed by atoms with Gasteiger partial charge in [-0.25, -0.2) is 32.3 Å². The van der Waals surface area contributed by atoms with Crippen molar-refractivity contribution in [1.29, 1.82) is 0 Å². The molecule has 0 N–H and O–H groups in total. The summed E-state index contributed by atoms with van der Waals surface area (Å²) in [6.45, 7) is 2.22. The number of ether oxygens (including phenoxy) is 7. The predicted octanol–water partition coefficient (Wildman–Crippen LogP) is 9.31. The first-order valence-electron chi connectivity index (χ1n) is 21.5. The number of hydrogen-bond donors (Lipinski definition) is 0. The van der Waals surface area contributed by atoms with Crippen LogP contribution in [0.1, 0.15) is 77.5 Å². The lowest BCUT2D eigenvalue weighted by atomic mass is 9.94. The lowest BCUT2D eigenvalue weighted by molar-refractivity contribution is -0.284. The molecular weight excluding hydrogens is 886 g/mol. The van der Waals surface area contributed by atoms with Gasteiger partial charge in [0.2, 0.25) is 18.8 Å². The summed E-state index contributed by atoms with van der Waals surface area (Å²) in [5.74, 6) is -5.34. The molecule has 1 heterocycles. The van der Waals surface area contributed by atoms with E-state index in [0.29, 0.717) is 11.1 Å². The fraction of sp³-hybridized carbons (Fsp3) is 0.226. The molecule has 6 aromatic carbocycles. The summed E-state index contributed by atoms with van der Waals surface area (Å²) >= 11 is 0. The molecule has 0 aliphatic carbocycles. The maximum absolute atomic E-state index is 16.5. The van der Waals surface area contributed by atoms with Gasteiger partial charge in [0.25, 0.3) is 0 Å². The Labute approximate surface area is 389 Å². The largest absolute Gasteiger partial charge is 0.461 e. The van der Waals surface area contributed by atoms with E-state index in [0.717, 1.165) is 6.07 Å². The highest BCUT2D eigenvalue weighted by molar-refractivity contribution is 5.91. The predicted molar refractivity (Wildman–Crippen MR) is 238 cm³/mol. The van der Waals surface area contributed by atoms with Gasteiger partial charge in [0.05, 0.1) is 22.3 Å². The number of carbonyl (C=O) groups is 5. The third kappa shape index (κ3) is 12.6. The van der Waals surface area contributed by atoms with Crippen molar-refractivity contribution < 1.29 is 70.3 Å². The first kappa shape index (κ1) is 48.2. The van der Waals surface area contributed by atoms with Crippen LogP contribution in [0.2, 0.25) is 0 Å². The summed E-state index contributed by atoms with van der Waals surface area (Å²) in [5.41, 5.74) is 1.22. The van der Waals surface area contributed by atoms with Gasteiger partial charge in [0, 0.05) is 25.3 Å². The summed E-state index contributed by atoms with van der Waals surface area (Å²) in [4.78, 5) is 67.9. The molecule has 0 bridgehead atoms. The molecule has 12 nitrogen and oxygen atoms in total. The van der Waals surface area contributed by atoms with Crippen LogP contribution in [0.25, 0.3) is 0 Å². The molecule has 0 spiro atoms. The molecule has 0 aromatic heterocycles. The fourth-order valence-corrected chi connectivity index (χ4v) is 7.39. The topological polar surface area (TPSA) is 150 Å². The summed E-state index contributed by atoms with van der Waals surface area (Å²) in [7, 11) is 0. The third-order valence-corrected chi connectivity index (χ3v) is 10.7. The number of hydrogen-bond acceptors (Lipinski definition) is 12. The van der Waals surface area contributed by atoms with Crippen LogP contribution in [0.4, 0.5) is 13.2 Å². The second kappa shape index (κ2) is 22.6. The van der Waals surface area contributed by atoms with Crippen LogP contribution in [0.15, 0.2) is 158 Å². The first-order valence-corrected chi connectivity index (χ1v) is 21.5. The Kier molecular flexibility index (Phi) is 16.0. The summed E-state index contributed by atoms with van der Waals surface area (Å²) in [6.07, 6.45) is -13.4. The quantitative estimate of drug-likeness (QED) is 0.0634. The summed E-state index contributed by atoms with van der Waals surface area (Å²) in [6, 6.07) is 40.0. The monoisotopic (exact) mass is 930 g/mol. The number of halogens is 3. The third-order valence-electron chi connectivity index (χ3n) is 10.7. The highest BCUT2D eigenvalue weighted by Gasteiger charge is 2.56. The number of benzene rings is 6. The maximum Gasteiger partial charge on any atom is 0.338 e. The van der Waals surface area contributed by atoms with E-state index in [9.17, 15) is 32.8 Å². The summed E-state index contributed by atoms with van der Waals surface area (Å²) < 4.78 is 85.8. The van der Waals surface area contributed by atoms with Gasteiger partial charge in [-0.2, -0.15) is 0 Å². The molecule has 0 amide bonds. The van der Waals surface area contributed by atoms with E-state index >= 15 is 4.39 Å². The van der Waals surface area contributed by atoms with Crippen LogP contribution in [0.5, 0.6) is 5.75 Å². The van der Waals surface area contributed by atoms with Gasteiger partial charge in [-0.15, -0.1) is 0 Å². The van der Waals surface area contributed by atoms with Gasteiger partial charge in [0.15, 0.2) is 12.2 Å². The molecule has 6 atom stereocenters. The van der Waals surface area contributed by atoms with Crippen LogP contribution >= 0.6 is 0 Å². The highest BCUT2D eigenvalue weighted by Crippen LogP contribution is 2.37. The van der Waals surface area contributed by atoms with Crippen molar-refractivity contribution in [2.75, 3.05) is 0 Å². The minimum absolute atomic E-state index is 0.0508. The van der Waals surface area contributed by atoms with Crippen LogP contribution in [-0.2, 0) is 52.7 Å². The lowest BCUT2D eigenvalue weighted by Crippen LogP contribution is -2.65. The Morgan fingerprint density at radius 3 is 1.51 bits per heavy atom. The first-order chi connectivity index (χ1) is 32.8. The minimum atomic E-state index is -2.59. The number of rotatable bonds is 17. The standard InChI is InChI=1S/C53H45F3O12/c1-32(63-49(58)37-15-7-3-8-16-37)45-46(65-50(59)38-17-9-4-10-18-38)47(66-51(60)39-19-11-5-12-20-39)48(67-52(61)40-21-13-6-14-22-40)53(68-45)64-43-29-36(31-62-33(2)57)28-42(54)41(43)27-34-23-25-35(26-24-34)30-44(55)56/h3-26,28-29,32,44-48,53H,27,30-31H2,1-2H3/t32-,45-,46-,47+,48-,53-/m1/s1. The van der Waals surface area contributed by atoms with E-state index in [1.807, 2.05) is 0 Å². The average Bonchev–Trinajstić information content (AvgIpc) is 3.34. The molecule has 68 heavy (non-hydrogen) atoms. The van der Waals surface area contributed by atoms with Crippen molar-refractivity contribution in [2.24, 2.45) is 0 Å². The van der Waals surface area contributed by atoms with Gasteiger partial charge < -0.3 is 33.2 Å². The SMILES string of the molecule is CC(=O)OCc1cc(F)c(Cc2ccc(CC(F)F)cc2)c(O[C@@H]2O[C@H]([C@@H](C)OC(=O)c3ccccc3)[C@@H](OC(=O)c3ccccc3)[C@H](OC(=O)c3ccccc3)[C@H]2OC(=O)c2ccccc2)c1. The molecule has 0 unspecified atom stereocenters. The maximum atomic E-state index is 16.5. The minimum Gasteiger partial charge on any atom is -0.461 e. The smallest absolute Gasteiger partial charge is 0.338 e. The van der Waals surface area contributed by atoms with Crippen molar-refractivity contribution in [3.8, 4) is 5.75 Å². The van der Waals surface area contributed by atoms with Crippen molar-refractivity contribution in [1.82, 2.24) is 0 Å². The van der Waals surface area contributed by atoms with Crippen molar-refractivity contribution in [3.05, 3.63) is 208 Å². The Bertz CT molecular complexity index is 2670. The van der Waals surface area contributed by atoms with Crippen molar-refractivity contribution in [2.45, 2.75) is 76.5 Å². The second-order valence-electron chi connectivity index (χ2n) is 15.7. The molecule has 1 fully saturated rings. The van der Waals surface area contributed by atoms with Crippen LogP contribution < -0.4 is 4.74 Å². The molecule has 1 aliphatic heterocycles. The Hall–Kier alpha value is -7.78. The summed E-state index contributed by atoms with van der Waals surface area (Å²) in [5, 5.41) is 0. The Balaban J connectivity index is 1.37. The van der Waals surface area contributed by atoms with E-state index in [4.69, 9.17) is 33.2 Å². The molecule has 1 saturated heterocycles. The average molecular weight is 931 g/mol. The molecule has 0 saturated carbocycles. The van der Waals surface area contributed by atoms with Gasteiger partial charge in [-0.1, -0.05) is 97.1 Å². The molecular formula is C53H45F3O12. The molecule has 0 radical (unpaired) electrons. The normalized spacial score (nSPS) is 18.1. The zero-order chi connectivity index (χ0) is 48.2. The van der Waals surface area contributed by atoms with Crippen LogP contribution in [-0.4, -0.2) is 73.1 Å². The number of alkyl halides is 2. The van der Waals surface area contributed by atoms with Gasteiger partial charge in [0.1, 0.15) is 30.4 Å². The van der Waals surface area contributed by atoms with Crippen LogP contribution in [0, 0.1) is 5.82 Å². The van der Waals surface area contributed by atoms with E-state index < -0.39 is 91.9 Å². The van der Waals surface area contributed by atoms with E-state index in [1.165, 1.54) is 80.6 Å². The zero-order valence-electron chi connectivity index (χ0n) is 36.7.